The second kappa shape index (κ2) is 6.42. The number of imide groups is 1. The van der Waals surface area contributed by atoms with Crippen LogP contribution in [0.25, 0.3) is 10.8 Å². The lowest BCUT2D eigenvalue weighted by atomic mass is 10.1. The van der Waals surface area contributed by atoms with Gasteiger partial charge in [0.05, 0.1) is 30.1 Å². The van der Waals surface area contributed by atoms with E-state index in [2.05, 4.69) is 4.98 Å². The van der Waals surface area contributed by atoms with Gasteiger partial charge in [0.1, 0.15) is 17.8 Å². The average molecular weight is 405 g/mol. The van der Waals surface area contributed by atoms with Crippen LogP contribution in [-0.4, -0.2) is 63.6 Å². The molecule has 3 fully saturated rings. The van der Waals surface area contributed by atoms with Crippen molar-refractivity contribution in [1.82, 2.24) is 14.8 Å². The molecule has 0 spiro atoms. The normalized spacial score (nSPS) is 24.7. The van der Waals surface area contributed by atoms with Crippen molar-refractivity contribution in [3.63, 3.8) is 0 Å². The summed E-state index contributed by atoms with van der Waals surface area (Å²) >= 11 is 0. The van der Waals surface area contributed by atoms with Gasteiger partial charge in [0, 0.05) is 17.3 Å². The third-order valence-corrected chi connectivity index (χ3v) is 5.96. The molecule has 4 amide bonds. The Morgan fingerprint density at radius 2 is 2.00 bits per heavy atom. The van der Waals surface area contributed by atoms with Crippen molar-refractivity contribution >= 4 is 34.5 Å². The van der Waals surface area contributed by atoms with Crippen molar-refractivity contribution in [3.8, 4) is 6.07 Å². The second-order valence-electron chi connectivity index (χ2n) is 8.00. The van der Waals surface area contributed by atoms with E-state index in [1.54, 1.807) is 47.9 Å². The number of hydrogen-bond acceptors (Lipinski definition) is 6. The van der Waals surface area contributed by atoms with Crippen LogP contribution in [0, 0.1) is 11.3 Å². The van der Waals surface area contributed by atoms with Gasteiger partial charge in [0.2, 0.25) is 0 Å². The summed E-state index contributed by atoms with van der Waals surface area (Å²) in [5, 5.41) is 10.5. The van der Waals surface area contributed by atoms with E-state index in [1.807, 2.05) is 6.07 Å². The van der Waals surface area contributed by atoms with Crippen LogP contribution >= 0.6 is 0 Å². The summed E-state index contributed by atoms with van der Waals surface area (Å²) in [6.45, 7) is 3.90. The van der Waals surface area contributed by atoms with E-state index < -0.39 is 24.2 Å². The van der Waals surface area contributed by atoms with Crippen molar-refractivity contribution in [1.29, 1.82) is 5.26 Å². The van der Waals surface area contributed by atoms with Crippen LogP contribution in [0.5, 0.6) is 0 Å². The van der Waals surface area contributed by atoms with Crippen molar-refractivity contribution in [2.75, 3.05) is 11.4 Å². The van der Waals surface area contributed by atoms with Gasteiger partial charge in [0.15, 0.2) is 0 Å². The number of pyridine rings is 1. The maximum absolute atomic E-state index is 13.4. The van der Waals surface area contributed by atoms with E-state index in [1.165, 1.54) is 6.20 Å². The van der Waals surface area contributed by atoms with E-state index >= 15 is 0 Å². The second-order valence-corrected chi connectivity index (χ2v) is 8.00. The number of urea groups is 1. The number of hydrogen-bond donors (Lipinski definition) is 0. The van der Waals surface area contributed by atoms with Gasteiger partial charge < -0.3 is 14.5 Å². The smallest absolute Gasteiger partial charge is 0.410 e. The Morgan fingerprint density at radius 3 is 2.70 bits per heavy atom. The summed E-state index contributed by atoms with van der Waals surface area (Å²) in [6.07, 6.45) is 1.24. The summed E-state index contributed by atoms with van der Waals surface area (Å²) < 4.78 is 5.31. The first-order valence-electron chi connectivity index (χ1n) is 9.83. The van der Waals surface area contributed by atoms with Crippen molar-refractivity contribution in [3.05, 3.63) is 36.2 Å². The number of ether oxygens (including phenoxy) is 1. The van der Waals surface area contributed by atoms with Crippen molar-refractivity contribution in [2.45, 2.75) is 44.5 Å². The fraction of sp³-hybridized carbons (Fsp3) is 0.381. The Kier molecular flexibility index (Phi) is 3.93. The van der Waals surface area contributed by atoms with Gasteiger partial charge >= 0.3 is 12.1 Å². The Hall–Kier alpha value is -3.67. The SMILES string of the molecule is CC(C)OC(=O)N1C[C@H]2CC1[C@H]1C(=O)N(c3cnc(C#N)c4ccccc34)C(=O)N21. The monoisotopic (exact) mass is 405 g/mol. The van der Waals surface area contributed by atoms with E-state index in [-0.39, 0.29) is 23.7 Å². The number of piperazine rings is 1. The summed E-state index contributed by atoms with van der Waals surface area (Å²) in [5.74, 6) is -0.383. The van der Waals surface area contributed by atoms with E-state index in [4.69, 9.17) is 4.74 Å². The molecule has 0 N–H and O–H groups in total. The molecule has 3 aliphatic heterocycles. The summed E-state index contributed by atoms with van der Waals surface area (Å²) in [5.41, 5.74) is 0.585. The summed E-state index contributed by atoms with van der Waals surface area (Å²) in [7, 11) is 0. The van der Waals surface area contributed by atoms with Crippen molar-refractivity contribution in [2.24, 2.45) is 0 Å². The largest absolute Gasteiger partial charge is 0.447 e. The number of likely N-dealkylation sites (tertiary alicyclic amines) is 1. The molecule has 0 saturated carbocycles. The average Bonchev–Trinajstić information content (AvgIpc) is 3.38. The topological polar surface area (TPSA) is 107 Å². The number of amides is 4. The number of aromatic nitrogens is 1. The van der Waals surface area contributed by atoms with E-state index in [9.17, 15) is 19.6 Å². The van der Waals surface area contributed by atoms with Gasteiger partial charge in [-0.2, -0.15) is 5.26 Å². The molecular formula is C21H19N5O4. The van der Waals surface area contributed by atoms with Crippen LogP contribution in [0.15, 0.2) is 30.5 Å². The maximum Gasteiger partial charge on any atom is 0.410 e. The first-order chi connectivity index (χ1) is 14.4. The molecule has 152 valence electrons. The zero-order chi connectivity index (χ0) is 21.2. The summed E-state index contributed by atoms with van der Waals surface area (Å²) in [4.78, 5) is 47.5. The lowest BCUT2D eigenvalue weighted by Gasteiger charge is -2.34. The maximum atomic E-state index is 13.4. The molecule has 1 aromatic carbocycles. The molecule has 9 nitrogen and oxygen atoms in total. The molecule has 2 bridgehead atoms. The Morgan fingerprint density at radius 1 is 1.27 bits per heavy atom. The third-order valence-electron chi connectivity index (χ3n) is 5.96. The quantitative estimate of drug-likeness (QED) is 0.710. The minimum Gasteiger partial charge on any atom is -0.447 e. The van der Waals surface area contributed by atoms with Crippen LogP contribution in [0.2, 0.25) is 0 Å². The zero-order valence-corrected chi connectivity index (χ0v) is 16.5. The number of rotatable bonds is 2. The number of carbonyl (C=O) groups excluding carboxylic acids is 3. The molecule has 0 radical (unpaired) electrons. The predicted octanol–water partition coefficient (Wildman–Crippen LogP) is 2.25. The molecule has 0 aliphatic carbocycles. The Labute approximate surface area is 172 Å². The molecule has 2 aromatic rings. The van der Waals surface area contributed by atoms with Gasteiger partial charge in [-0.15, -0.1) is 0 Å². The van der Waals surface area contributed by atoms with Crippen LogP contribution in [0.4, 0.5) is 15.3 Å². The minimum absolute atomic E-state index is 0.223. The highest BCUT2D eigenvalue weighted by atomic mass is 16.6. The molecule has 3 saturated heterocycles. The molecule has 3 aliphatic rings. The Balaban J connectivity index is 1.53. The zero-order valence-electron chi connectivity index (χ0n) is 16.5. The lowest BCUT2D eigenvalue weighted by molar-refractivity contribution is -0.121. The summed E-state index contributed by atoms with van der Waals surface area (Å²) in [6, 6.07) is 7.33. The fourth-order valence-electron chi connectivity index (χ4n) is 4.80. The molecular weight excluding hydrogens is 386 g/mol. The number of nitriles is 1. The first-order valence-corrected chi connectivity index (χ1v) is 9.83. The number of nitrogens with zero attached hydrogens (tertiary/aromatic N) is 5. The molecule has 9 heteroatoms. The van der Waals surface area contributed by atoms with Crippen LogP contribution in [-0.2, 0) is 9.53 Å². The predicted molar refractivity (Wildman–Crippen MR) is 105 cm³/mol. The Bertz CT molecular complexity index is 1140. The fourth-order valence-corrected chi connectivity index (χ4v) is 4.80. The van der Waals surface area contributed by atoms with Gasteiger partial charge in [-0.05, 0) is 20.3 Å². The van der Waals surface area contributed by atoms with Crippen LogP contribution < -0.4 is 4.90 Å². The third kappa shape index (κ3) is 2.40. The minimum atomic E-state index is -0.731. The molecule has 4 heterocycles. The number of fused-ring (bicyclic) bond motifs is 6. The first kappa shape index (κ1) is 18.4. The highest BCUT2D eigenvalue weighted by Gasteiger charge is 2.63. The van der Waals surface area contributed by atoms with E-state index in [0.717, 1.165) is 4.90 Å². The molecule has 5 rings (SSSR count). The van der Waals surface area contributed by atoms with E-state index in [0.29, 0.717) is 29.4 Å². The molecule has 1 unspecified atom stereocenters. The molecule has 3 atom stereocenters. The molecule has 1 aromatic heterocycles. The van der Waals surface area contributed by atoms with Crippen LogP contribution in [0.3, 0.4) is 0 Å². The van der Waals surface area contributed by atoms with Gasteiger partial charge in [-0.25, -0.2) is 19.5 Å². The standard InChI is InChI=1S/C21H19N5O4/c1-11(2)30-21(29)24-10-12-7-16(24)18-19(27)26(20(28)25(12)18)17-9-23-15(8-22)13-5-3-4-6-14(13)17/h3-6,9,11-12,16,18H,7,10H2,1-2H3/t12-,16?,18+/m1/s1. The number of benzene rings is 1. The number of carbonyl (C=O) groups is 3. The number of anilines is 1. The van der Waals surface area contributed by atoms with Gasteiger partial charge in [0.25, 0.3) is 5.91 Å². The van der Waals surface area contributed by atoms with Crippen LogP contribution in [0.1, 0.15) is 26.0 Å². The van der Waals surface area contributed by atoms with Gasteiger partial charge in [-0.3, -0.25) is 4.79 Å². The highest BCUT2D eigenvalue weighted by Crippen LogP contribution is 2.43. The van der Waals surface area contributed by atoms with Crippen molar-refractivity contribution < 1.29 is 19.1 Å². The van der Waals surface area contributed by atoms with Gasteiger partial charge in [-0.1, -0.05) is 24.3 Å². The molecule has 30 heavy (non-hydrogen) atoms. The highest BCUT2D eigenvalue weighted by molar-refractivity contribution is 6.25. The lowest BCUT2D eigenvalue weighted by Crippen LogP contribution is -2.55.